The molecule has 1 unspecified atom stereocenters. The van der Waals surface area contributed by atoms with Crippen LogP contribution in [0.5, 0.6) is 0 Å². The van der Waals surface area contributed by atoms with Crippen LogP contribution < -0.4 is 10.6 Å². The minimum Gasteiger partial charge on any atom is -0.480 e. The smallest absolute Gasteiger partial charge is 0.326 e. The first-order chi connectivity index (χ1) is 11.5. The molecule has 24 heavy (non-hydrogen) atoms. The molecule has 1 aromatic rings. The van der Waals surface area contributed by atoms with Gasteiger partial charge in [-0.2, -0.15) is 17.0 Å². The third-order valence-electron chi connectivity index (χ3n) is 3.04. The maximum absolute atomic E-state index is 12.0. The Hall–Kier alpha value is -1.98. The van der Waals surface area contributed by atoms with Crippen molar-refractivity contribution in [3.63, 3.8) is 0 Å². The molecule has 1 rings (SSSR count). The zero-order valence-electron chi connectivity index (χ0n) is 13.1. The number of aliphatic carboxylic acids is 1. The van der Waals surface area contributed by atoms with E-state index in [0.717, 1.165) is 10.0 Å². The Kier molecular flexibility index (Phi) is 8.97. The summed E-state index contributed by atoms with van der Waals surface area (Å²) in [5.41, 5.74) is 0.818. The number of carboxylic acids is 1. The minimum atomic E-state index is -1.11. The third kappa shape index (κ3) is 7.06. The summed E-state index contributed by atoms with van der Waals surface area (Å²) < 4.78 is 0.962. The lowest BCUT2D eigenvalue weighted by Crippen LogP contribution is -2.41. The average molecular weight is 412 g/mol. The van der Waals surface area contributed by atoms with Gasteiger partial charge in [-0.15, -0.1) is 0 Å². The van der Waals surface area contributed by atoms with Crippen LogP contribution >= 0.6 is 27.7 Å². The number of nitrogens with zero attached hydrogens (tertiary/aromatic N) is 1. The Balaban J connectivity index is 2.62. The first-order valence-electron chi connectivity index (χ1n) is 7.08. The van der Waals surface area contributed by atoms with E-state index in [4.69, 9.17) is 10.4 Å². The molecular weight excluding hydrogens is 394 g/mol. The molecular formula is C16H18BrN3O3S. The van der Waals surface area contributed by atoms with E-state index < -0.39 is 17.9 Å². The van der Waals surface area contributed by atoms with Gasteiger partial charge < -0.3 is 15.7 Å². The third-order valence-corrected chi connectivity index (χ3v) is 4.22. The second-order valence-electron chi connectivity index (χ2n) is 4.82. The summed E-state index contributed by atoms with van der Waals surface area (Å²) in [6.45, 7) is 0.445. The summed E-state index contributed by atoms with van der Waals surface area (Å²) in [5.74, 6) is -1.21. The predicted molar refractivity (Wildman–Crippen MR) is 97.2 cm³/mol. The molecule has 0 aliphatic carbocycles. The quantitative estimate of drug-likeness (QED) is 0.425. The summed E-state index contributed by atoms with van der Waals surface area (Å²) in [6, 6.07) is 8.36. The summed E-state index contributed by atoms with van der Waals surface area (Å²) in [5, 5.41) is 23.4. The molecule has 0 bridgehead atoms. The highest BCUT2D eigenvalue weighted by atomic mass is 79.9. The van der Waals surface area contributed by atoms with Gasteiger partial charge in [0.1, 0.15) is 17.7 Å². The minimum absolute atomic E-state index is 0.164. The topological polar surface area (TPSA) is 102 Å². The van der Waals surface area contributed by atoms with Crippen molar-refractivity contribution in [2.75, 3.05) is 12.0 Å². The van der Waals surface area contributed by atoms with Crippen LogP contribution in [0, 0.1) is 11.3 Å². The summed E-state index contributed by atoms with van der Waals surface area (Å²) in [4.78, 5) is 23.2. The van der Waals surface area contributed by atoms with Crippen LogP contribution in [0.25, 0.3) is 0 Å². The number of carbonyl (C=O) groups is 2. The number of hydrogen-bond acceptors (Lipinski definition) is 5. The highest BCUT2D eigenvalue weighted by molar-refractivity contribution is 9.10. The number of benzene rings is 1. The van der Waals surface area contributed by atoms with E-state index in [1.165, 1.54) is 18.0 Å². The monoisotopic (exact) mass is 411 g/mol. The van der Waals surface area contributed by atoms with Crippen LogP contribution in [0.15, 0.2) is 40.5 Å². The molecule has 3 N–H and O–H groups in total. The second-order valence-corrected chi connectivity index (χ2v) is 6.72. The molecule has 0 saturated heterocycles. The number of carbonyl (C=O) groups excluding carboxylic acids is 1. The van der Waals surface area contributed by atoms with Gasteiger partial charge in [0.05, 0.1) is 0 Å². The number of hydrogen-bond donors (Lipinski definition) is 3. The van der Waals surface area contributed by atoms with E-state index in [0.29, 0.717) is 18.7 Å². The van der Waals surface area contributed by atoms with E-state index in [-0.39, 0.29) is 5.57 Å². The van der Waals surface area contributed by atoms with Gasteiger partial charge in [0, 0.05) is 17.2 Å². The van der Waals surface area contributed by atoms with E-state index in [2.05, 4.69) is 26.6 Å². The van der Waals surface area contributed by atoms with Crippen LogP contribution in [-0.4, -0.2) is 35.0 Å². The molecule has 1 atom stereocenters. The van der Waals surface area contributed by atoms with E-state index in [9.17, 15) is 9.59 Å². The molecule has 8 heteroatoms. The Labute approximate surface area is 153 Å². The number of amides is 1. The average Bonchev–Trinajstić information content (AvgIpc) is 2.56. The van der Waals surface area contributed by atoms with Crippen LogP contribution in [0.3, 0.4) is 0 Å². The molecule has 0 fully saturated rings. The van der Waals surface area contributed by atoms with Crippen molar-refractivity contribution >= 4 is 39.6 Å². The van der Waals surface area contributed by atoms with Crippen LogP contribution in [0.1, 0.15) is 12.0 Å². The lowest BCUT2D eigenvalue weighted by Gasteiger charge is -2.13. The Morgan fingerprint density at radius 3 is 2.62 bits per heavy atom. The van der Waals surface area contributed by atoms with Gasteiger partial charge in [-0.3, -0.25) is 4.79 Å². The fourth-order valence-corrected chi connectivity index (χ4v) is 2.49. The van der Waals surface area contributed by atoms with Crippen LogP contribution in [0.2, 0.25) is 0 Å². The van der Waals surface area contributed by atoms with Crippen molar-refractivity contribution in [2.45, 2.75) is 19.0 Å². The van der Waals surface area contributed by atoms with Gasteiger partial charge >= 0.3 is 5.97 Å². The zero-order chi connectivity index (χ0) is 17.9. The van der Waals surface area contributed by atoms with Gasteiger partial charge in [-0.25, -0.2) is 4.79 Å². The van der Waals surface area contributed by atoms with E-state index >= 15 is 0 Å². The number of carboxylic acid groups (broad SMARTS) is 1. The molecule has 0 spiro atoms. The largest absolute Gasteiger partial charge is 0.480 e. The molecule has 1 aromatic carbocycles. The van der Waals surface area contributed by atoms with Gasteiger partial charge in [-0.1, -0.05) is 28.1 Å². The highest BCUT2D eigenvalue weighted by Gasteiger charge is 2.21. The number of rotatable bonds is 9. The summed E-state index contributed by atoms with van der Waals surface area (Å²) >= 11 is 4.83. The maximum Gasteiger partial charge on any atom is 0.326 e. The first-order valence-corrected chi connectivity index (χ1v) is 9.27. The molecule has 0 aliphatic heterocycles. The number of nitrogens with one attached hydrogen (secondary N) is 2. The van der Waals surface area contributed by atoms with E-state index in [1.54, 1.807) is 6.07 Å². The van der Waals surface area contributed by atoms with Crippen molar-refractivity contribution in [3.05, 3.63) is 46.1 Å². The normalized spacial score (nSPS) is 12.1. The van der Waals surface area contributed by atoms with Crippen LogP contribution in [0.4, 0.5) is 0 Å². The molecule has 128 valence electrons. The lowest BCUT2D eigenvalue weighted by atomic mass is 10.2. The van der Waals surface area contributed by atoms with Gasteiger partial charge in [-0.05, 0) is 36.1 Å². The molecule has 0 aromatic heterocycles. The van der Waals surface area contributed by atoms with Crippen molar-refractivity contribution in [1.29, 1.82) is 5.26 Å². The number of thioether (sulfide) groups is 1. The van der Waals surface area contributed by atoms with Crippen molar-refractivity contribution < 1.29 is 14.7 Å². The molecule has 0 radical (unpaired) electrons. The van der Waals surface area contributed by atoms with Gasteiger partial charge in [0.15, 0.2) is 0 Å². The first kappa shape index (κ1) is 20.1. The van der Waals surface area contributed by atoms with E-state index in [1.807, 2.05) is 30.5 Å². The second kappa shape index (κ2) is 10.7. The summed E-state index contributed by atoms with van der Waals surface area (Å²) in [6.07, 6.45) is 3.45. The van der Waals surface area contributed by atoms with Gasteiger partial charge in [0.2, 0.25) is 0 Å². The fraction of sp³-hybridized carbons (Fsp3) is 0.312. The zero-order valence-corrected chi connectivity index (χ0v) is 15.5. The predicted octanol–water partition coefficient (Wildman–Crippen LogP) is 2.27. The number of nitriles is 1. The van der Waals surface area contributed by atoms with Gasteiger partial charge in [0.25, 0.3) is 5.91 Å². The standard InChI is InChI=1S/C16H18BrN3O3S/c1-24-7-6-14(16(22)23)20-15(21)12(8-18)10-19-9-11-2-4-13(17)5-3-11/h2-5,10,14,19H,6-7,9H2,1H3,(H,20,21)(H,22,23)/b12-10-. The Morgan fingerprint density at radius 1 is 1.42 bits per heavy atom. The fourth-order valence-electron chi connectivity index (χ4n) is 1.75. The van der Waals surface area contributed by atoms with Crippen molar-refractivity contribution in [3.8, 4) is 6.07 Å². The molecule has 0 saturated carbocycles. The van der Waals surface area contributed by atoms with Crippen molar-refractivity contribution in [2.24, 2.45) is 0 Å². The molecule has 0 aliphatic rings. The maximum atomic E-state index is 12.0. The highest BCUT2D eigenvalue weighted by Crippen LogP contribution is 2.10. The van der Waals surface area contributed by atoms with Crippen LogP contribution in [-0.2, 0) is 16.1 Å². The SMILES string of the molecule is CSCCC(NC(=O)/C(C#N)=C\NCc1ccc(Br)cc1)C(=O)O. The Morgan fingerprint density at radius 2 is 2.08 bits per heavy atom. The number of halogens is 1. The Bertz CT molecular complexity index is 641. The molecule has 0 heterocycles. The van der Waals surface area contributed by atoms with Crippen molar-refractivity contribution in [1.82, 2.24) is 10.6 Å². The summed E-state index contributed by atoms with van der Waals surface area (Å²) in [7, 11) is 0. The lowest BCUT2D eigenvalue weighted by molar-refractivity contribution is -0.141. The molecule has 6 nitrogen and oxygen atoms in total. The molecule has 1 amide bonds.